The molecule has 2 rings (SSSR count). The Morgan fingerprint density at radius 3 is 2.34 bits per heavy atom. The second-order valence-corrected chi connectivity index (χ2v) is 7.05. The van der Waals surface area contributed by atoms with E-state index in [0.29, 0.717) is 11.3 Å². The minimum Gasteiger partial charge on any atom is -0.343 e. The van der Waals surface area contributed by atoms with Crippen LogP contribution in [0.5, 0.6) is 0 Å². The summed E-state index contributed by atoms with van der Waals surface area (Å²) >= 11 is 0. The van der Waals surface area contributed by atoms with Crippen molar-refractivity contribution in [2.75, 3.05) is 5.32 Å². The van der Waals surface area contributed by atoms with E-state index < -0.39 is 41.0 Å². The quantitative estimate of drug-likeness (QED) is 0.519. The van der Waals surface area contributed by atoms with Gasteiger partial charge in [-0.1, -0.05) is 26.0 Å². The average molecular weight is 405 g/mol. The molecule has 2 aromatic rings. The van der Waals surface area contributed by atoms with Crippen molar-refractivity contribution in [1.29, 1.82) is 0 Å². The van der Waals surface area contributed by atoms with Gasteiger partial charge in [0, 0.05) is 5.69 Å². The number of nitrogens with two attached hydrogens (primary N) is 1. The van der Waals surface area contributed by atoms with E-state index in [1.54, 1.807) is 31.2 Å². The predicted octanol–water partition coefficient (Wildman–Crippen LogP) is 0.151. The third kappa shape index (κ3) is 5.85. The third-order valence-corrected chi connectivity index (χ3v) is 4.31. The number of hydrogen-bond acceptors (Lipinski definition) is 5. The van der Waals surface area contributed by atoms with Gasteiger partial charge in [0.2, 0.25) is 17.6 Å². The van der Waals surface area contributed by atoms with E-state index in [1.807, 2.05) is 18.8 Å². The zero-order valence-corrected chi connectivity index (χ0v) is 16.4. The number of amides is 2. The molecule has 1 aromatic carbocycles. The Kier molecular flexibility index (Phi) is 7.05. The average Bonchev–Trinajstić information content (AvgIpc) is 2.66. The van der Waals surface area contributed by atoms with Crippen LogP contribution in [0.3, 0.4) is 0 Å². The number of H-pyrrole nitrogens is 1. The van der Waals surface area contributed by atoms with Crippen molar-refractivity contribution in [3.63, 3.8) is 0 Å². The molecule has 9 nitrogen and oxygen atoms in total. The Hall–Kier alpha value is -3.27. The Labute approximate surface area is 166 Å². The van der Waals surface area contributed by atoms with Crippen molar-refractivity contribution in [2.24, 2.45) is 11.7 Å². The molecule has 0 radical (unpaired) electrons. The van der Waals surface area contributed by atoms with Crippen molar-refractivity contribution in [3.05, 3.63) is 62.7 Å². The Morgan fingerprint density at radius 1 is 1.14 bits per heavy atom. The van der Waals surface area contributed by atoms with Gasteiger partial charge in [-0.05, 0) is 30.5 Å². The normalized spacial score (nSPS) is 13.0. The molecule has 0 unspecified atom stereocenters. The van der Waals surface area contributed by atoms with Gasteiger partial charge in [0.15, 0.2) is 0 Å². The zero-order valence-electron chi connectivity index (χ0n) is 16.4. The molecule has 0 saturated heterocycles. The van der Waals surface area contributed by atoms with Crippen molar-refractivity contribution < 1.29 is 14.0 Å². The maximum Gasteiger partial charge on any atom is 0.328 e. The molecule has 0 spiro atoms. The van der Waals surface area contributed by atoms with E-state index in [1.165, 1.54) is 0 Å². The van der Waals surface area contributed by atoms with Crippen LogP contribution < -0.4 is 27.6 Å². The van der Waals surface area contributed by atoms with Crippen LogP contribution in [0.25, 0.3) is 0 Å². The maximum atomic E-state index is 13.3. The third-order valence-electron chi connectivity index (χ3n) is 4.31. The van der Waals surface area contributed by atoms with Crippen LogP contribution in [0.15, 0.2) is 40.1 Å². The summed E-state index contributed by atoms with van der Waals surface area (Å²) in [5.41, 5.74) is 5.10. The molecule has 0 bridgehead atoms. The van der Waals surface area contributed by atoms with Gasteiger partial charge in [0.1, 0.15) is 6.04 Å². The molecule has 2 amide bonds. The molecule has 5 N–H and O–H groups in total. The predicted molar refractivity (Wildman–Crippen MR) is 106 cm³/mol. The number of nitrogens with one attached hydrogen (secondary N) is 3. The van der Waals surface area contributed by atoms with Gasteiger partial charge in [-0.2, -0.15) is 4.39 Å². The van der Waals surface area contributed by atoms with Crippen LogP contribution >= 0.6 is 0 Å². The zero-order chi connectivity index (χ0) is 21.7. The number of carbonyl (C=O) groups is 2. The van der Waals surface area contributed by atoms with Gasteiger partial charge >= 0.3 is 5.69 Å². The molecule has 0 fully saturated rings. The number of nitrogens with zero attached hydrogens (tertiary/aromatic N) is 1. The number of carbonyl (C=O) groups excluding carboxylic acids is 2. The summed E-state index contributed by atoms with van der Waals surface area (Å²) in [6, 6.07) is 5.01. The molecule has 0 aliphatic heterocycles. The smallest absolute Gasteiger partial charge is 0.328 e. The van der Waals surface area contributed by atoms with Crippen molar-refractivity contribution >= 4 is 17.5 Å². The first-order chi connectivity index (χ1) is 13.6. The fourth-order valence-electron chi connectivity index (χ4n) is 2.42. The summed E-state index contributed by atoms with van der Waals surface area (Å²) in [6.45, 7) is 5.21. The summed E-state index contributed by atoms with van der Waals surface area (Å²) in [7, 11) is 0. The number of hydrogen-bond donors (Lipinski definition) is 4. The largest absolute Gasteiger partial charge is 0.343 e. The van der Waals surface area contributed by atoms with E-state index in [-0.39, 0.29) is 12.5 Å². The summed E-state index contributed by atoms with van der Waals surface area (Å²) in [5, 5.41) is 5.23. The number of rotatable bonds is 7. The number of anilines is 1. The lowest BCUT2D eigenvalue weighted by molar-refractivity contribution is -0.127. The highest BCUT2D eigenvalue weighted by Gasteiger charge is 2.22. The second-order valence-electron chi connectivity index (χ2n) is 7.05. The van der Waals surface area contributed by atoms with E-state index in [9.17, 15) is 23.6 Å². The van der Waals surface area contributed by atoms with Crippen LogP contribution in [-0.2, 0) is 16.1 Å². The van der Waals surface area contributed by atoms with E-state index in [4.69, 9.17) is 5.73 Å². The van der Waals surface area contributed by atoms with Gasteiger partial charge in [-0.15, -0.1) is 0 Å². The van der Waals surface area contributed by atoms with Gasteiger partial charge in [0.25, 0.3) is 5.56 Å². The fraction of sp³-hybridized carbons (Fsp3) is 0.368. The second kappa shape index (κ2) is 9.28. The molecule has 1 heterocycles. The first-order valence-electron chi connectivity index (χ1n) is 9.03. The first kappa shape index (κ1) is 22.0. The summed E-state index contributed by atoms with van der Waals surface area (Å²) in [6.07, 6.45) is 0.836. The van der Waals surface area contributed by atoms with Crippen molar-refractivity contribution in [1.82, 2.24) is 14.9 Å². The van der Waals surface area contributed by atoms with Crippen LogP contribution in [0, 0.1) is 11.7 Å². The topological polar surface area (TPSA) is 139 Å². The van der Waals surface area contributed by atoms with E-state index >= 15 is 0 Å². The minimum absolute atomic E-state index is 0.0420. The van der Waals surface area contributed by atoms with Crippen LogP contribution in [0.2, 0.25) is 0 Å². The van der Waals surface area contributed by atoms with Crippen LogP contribution in [0.4, 0.5) is 10.1 Å². The van der Waals surface area contributed by atoms with Crippen LogP contribution in [0.1, 0.15) is 26.3 Å². The molecule has 0 aliphatic rings. The summed E-state index contributed by atoms with van der Waals surface area (Å²) < 4.78 is 14.4. The van der Waals surface area contributed by atoms with E-state index in [2.05, 4.69) is 10.6 Å². The molecule has 0 aliphatic carbocycles. The monoisotopic (exact) mass is 405 g/mol. The van der Waals surface area contributed by atoms with Gasteiger partial charge in [0.05, 0.1) is 18.8 Å². The molecule has 10 heteroatoms. The summed E-state index contributed by atoms with van der Waals surface area (Å²) in [5.74, 6) is -1.93. The number of aromatic amines is 1. The van der Waals surface area contributed by atoms with Crippen molar-refractivity contribution in [2.45, 2.75) is 39.4 Å². The Morgan fingerprint density at radius 2 is 1.76 bits per heavy atom. The van der Waals surface area contributed by atoms with Crippen LogP contribution in [-0.4, -0.2) is 33.4 Å². The lowest BCUT2D eigenvalue weighted by Crippen LogP contribution is -2.50. The molecule has 156 valence electrons. The fourth-order valence-corrected chi connectivity index (χ4v) is 2.42. The lowest BCUT2D eigenvalue weighted by atomic mass is 10.0. The van der Waals surface area contributed by atoms with Gasteiger partial charge in [-0.25, -0.2) is 4.79 Å². The number of halogens is 1. The highest BCUT2D eigenvalue weighted by Crippen LogP contribution is 2.11. The number of benzene rings is 1. The van der Waals surface area contributed by atoms with Crippen molar-refractivity contribution in [3.8, 4) is 0 Å². The highest BCUT2D eigenvalue weighted by atomic mass is 19.1. The molecule has 0 saturated carbocycles. The molecule has 1 aromatic heterocycles. The van der Waals surface area contributed by atoms with Gasteiger partial charge < -0.3 is 16.4 Å². The first-order valence-corrected chi connectivity index (χ1v) is 9.03. The molecule has 29 heavy (non-hydrogen) atoms. The molecule has 2 atom stereocenters. The lowest BCUT2D eigenvalue weighted by Gasteiger charge is -2.19. The summed E-state index contributed by atoms with van der Waals surface area (Å²) in [4.78, 5) is 48.8. The highest BCUT2D eigenvalue weighted by molar-refractivity contribution is 5.97. The number of aromatic nitrogens is 2. The standard InChI is InChI=1S/C19H24FN5O4/c1-10(2)15(21)18(28)22-11(3)16(26)23-13-6-4-12(5-7-13)8-25-9-14(20)17(27)24-19(25)29/h4-7,9-11,15H,8,21H2,1-3H3,(H,22,28)(H,23,26)(H,24,27,29)/t11-,15-/m0/s1. The maximum absolute atomic E-state index is 13.3. The Balaban J connectivity index is 1.99. The SMILES string of the molecule is CC(C)[C@H](N)C(=O)N[C@@H](C)C(=O)Nc1ccc(Cn2cc(F)c(=O)[nH]c2=O)cc1. The Bertz CT molecular complexity index is 997. The molecular weight excluding hydrogens is 381 g/mol. The molecular formula is C19H24FN5O4. The minimum atomic E-state index is -1.07. The van der Waals surface area contributed by atoms with Gasteiger partial charge in [-0.3, -0.25) is 23.9 Å². The van der Waals surface area contributed by atoms with E-state index in [0.717, 1.165) is 10.8 Å².